The van der Waals surface area contributed by atoms with Gasteiger partial charge in [0.1, 0.15) is 5.75 Å². The van der Waals surface area contributed by atoms with E-state index in [4.69, 9.17) is 4.74 Å². The number of nitrogens with one attached hydrogen (secondary N) is 1. The Morgan fingerprint density at radius 3 is 1.93 bits per heavy atom. The lowest BCUT2D eigenvalue weighted by Crippen LogP contribution is -2.58. The zero-order chi connectivity index (χ0) is 27.3. The van der Waals surface area contributed by atoms with Gasteiger partial charge in [-0.25, -0.2) is 4.79 Å². The van der Waals surface area contributed by atoms with Crippen molar-refractivity contribution >= 4 is 35.0 Å². The SMILES string of the molecule is O=C(NC1C(=O)N(CC23CC4CC(CC(C4)C2)C3)c2ccccc2N(c2ccccc2)C1=O)Oc1ccccc1. The second kappa shape index (κ2) is 9.81. The molecule has 0 spiro atoms. The summed E-state index contributed by atoms with van der Waals surface area (Å²) in [6, 6.07) is 24.1. The summed E-state index contributed by atoms with van der Waals surface area (Å²) in [6.45, 7) is 0.550. The Labute approximate surface area is 234 Å². The number of rotatable bonds is 5. The highest BCUT2D eigenvalue weighted by molar-refractivity contribution is 6.23. The first-order valence-corrected chi connectivity index (χ1v) is 14.3. The van der Waals surface area contributed by atoms with Crippen LogP contribution in [0.2, 0.25) is 0 Å². The van der Waals surface area contributed by atoms with Gasteiger partial charge >= 0.3 is 6.09 Å². The highest BCUT2D eigenvalue weighted by Gasteiger charge is 2.53. The van der Waals surface area contributed by atoms with Crippen molar-refractivity contribution in [1.29, 1.82) is 0 Å². The molecule has 1 unspecified atom stereocenters. The minimum absolute atomic E-state index is 0.0393. The Kier molecular flexibility index (Phi) is 6.10. The summed E-state index contributed by atoms with van der Waals surface area (Å²) in [5.74, 6) is 1.57. The molecule has 3 aromatic rings. The summed E-state index contributed by atoms with van der Waals surface area (Å²) in [5.41, 5.74) is 2.00. The quantitative estimate of drug-likeness (QED) is 0.402. The monoisotopic (exact) mass is 535 g/mol. The highest BCUT2D eigenvalue weighted by Crippen LogP contribution is 2.60. The van der Waals surface area contributed by atoms with Crippen molar-refractivity contribution in [2.75, 3.05) is 16.3 Å². The van der Waals surface area contributed by atoms with Gasteiger partial charge in [-0.1, -0.05) is 48.5 Å². The van der Waals surface area contributed by atoms with Gasteiger partial charge in [-0.05, 0) is 98.1 Å². The maximum Gasteiger partial charge on any atom is 0.413 e. The molecule has 5 aliphatic rings. The van der Waals surface area contributed by atoms with E-state index in [1.807, 2.05) is 60.7 Å². The molecule has 4 fully saturated rings. The lowest BCUT2D eigenvalue weighted by atomic mass is 9.49. The summed E-state index contributed by atoms with van der Waals surface area (Å²) in [6.07, 6.45) is 6.44. The Morgan fingerprint density at radius 1 is 0.750 bits per heavy atom. The minimum atomic E-state index is -1.43. The first-order chi connectivity index (χ1) is 19.5. The molecule has 204 valence electrons. The Hall–Kier alpha value is -4.13. The van der Waals surface area contributed by atoms with Crippen LogP contribution in [0.4, 0.5) is 21.9 Å². The number of ether oxygens (including phenoxy) is 1. The predicted molar refractivity (Wildman–Crippen MR) is 152 cm³/mol. The van der Waals surface area contributed by atoms with Crippen LogP contribution in [0.25, 0.3) is 0 Å². The van der Waals surface area contributed by atoms with Crippen LogP contribution in [0.3, 0.4) is 0 Å². The largest absolute Gasteiger partial charge is 0.413 e. The molecule has 4 bridgehead atoms. The smallest absolute Gasteiger partial charge is 0.410 e. The van der Waals surface area contributed by atoms with E-state index in [1.165, 1.54) is 19.3 Å². The van der Waals surface area contributed by atoms with Gasteiger partial charge in [0.05, 0.1) is 11.4 Å². The third kappa shape index (κ3) is 4.43. The van der Waals surface area contributed by atoms with E-state index in [1.54, 1.807) is 34.1 Å². The van der Waals surface area contributed by atoms with Gasteiger partial charge in [0.25, 0.3) is 11.8 Å². The van der Waals surface area contributed by atoms with Crippen LogP contribution in [-0.4, -0.2) is 30.5 Å². The maximum absolute atomic E-state index is 14.4. The van der Waals surface area contributed by atoms with E-state index in [0.29, 0.717) is 29.4 Å². The van der Waals surface area contributed by atoms with Gasteiger partial charge in [0.2, 0.25) is 0 Å². The molecule has 0 radical (unpaired) electrons. The molecule has 1 atom stereocenters. The number of carbonyl (C=O) groups is 3. The number of carbonyl (C=O) groups excluding carboxylic acids is 3. The number of anilines is 3. The molecule has 3 amide bonds. The Bertz CT molecular complexity index is 1410. The fourth-order valence-electron chi connectivity index (χ4n) is 8.20. The summed E-state index contributed by atoms with van der Waals surface area (Å²) in [7, 11) is 0. The highest BCUT2D eigenvalue weighted by atomic mass is 16.6. The fraction of sp³-hybridized carbons (Fsp3) is 0.364. The van der Waals surface area contributed by atoms with Crippen molar-refractivity contribution < 1.29 is 19.1 Å². The van der Waals surface area contributed by atoms with E-state index in [2.05, 4.69) is 5.32 Å². The van der Waals surface area contributed by atoms with Crippen LogP contribution < -0.4 is 19.9 Å². The van der Waals surface area contributed by atoms with Crippen molar-refractivity contribution in [2.45, 2.75) is 44.6 Å². The zero-order valence-corrected chi connectivity index (χ0v) is 22.4. The topological polar surface area (TPSA) is 79.0 Å². The average Bonchev–Trinajstić information content (AvgIpc) is 3.02. The molecular weight excluding hydrogens is 502 g/mol. The summed E-state index contributed by atoms with van der Waals surface area (Å²) >= 11 is 0. The Morgan fingerprint density at radius 2 is 1.30 bits per heavy atom. The molecule has 7 heteroatoms. The van der Waals surface area contributed by atoms with Gasteiger partial charge < -0.3 is 15.0 Å². The van der Waals surface area contributed by atoms with Crippen molar-refractivity contribution in [1.82, 2.24) is 5.32 Å². The molecule has 0 aromatic heterocycles. The van der Waals surface area contributed by atoms with Crippen LogP contribution in [0.1, 0.15) is 38.5 Å². The van der Waals surface area contributed by atoms with E-state index < -0.39 is 23.9 Å². The number of amides is 3. The van der Waals surface area contributed by atoms with Gasteiger partial charge in [-0.15, -0.1) is 0 Å². The molecule has 40 heavy (non-hydrogen) atoms. The van der Waals surface area contributed by atoms with Crippen LogP contribution in [0.5, 0.6) is 5.75 Å². The van der Waals surface area contributed by atoms with Crippen molar-refractivity contribution in [3.8, 4) is 5.75 Å². The van der Waals surface area contributed by atoms with Gasteiger partial charge in [-0.2, -0.15) is 0 Å². The minimum Gasteiger partial charge on any atom is -0.410 e. The zero-order valence-electron chi connectivity index (χ0n) is 22.4. The van der Waals surface area contributed by atoms with Crippen LogP contribution in [0.15, 0.2) is 84.9 Å². The normalized spacial score (nSPS) is 28.7. The summed E-state index contributed by atoms with van der Waals surface area (Å²) in [5, 5.41) is 2.64. The molecule has 8 rings (SSSR count). The molecule has 4 saturated carbocycles. The molecule has 1 N–H and O–H groups in total. The number of para-hydroxylation sites is 4. The van der Waals surface area contributed by atoms with Gasteiger partial charge in [0, 0.05) is 12.2 Å². The third-order valence-electron chi connectivity index (χ3n) is 9.28. The van der Waals surface area contributed by atoms with Gasteiger partial charge in [0.15, 0.2) is 6.04 Å². The average molecular weight is 536 g/mol. The maximum atomic E-state index is 14.4. The molecular formula is C33H33N3O4. The lowest BCUT2D eigenvalue weighted by molar-refractivity contribution is -0.129. The van der Waals surface area contributed by atoms with Crippen LogP contribution >= 0.6 is 0 Å². The number of hydrogen-bond acceptors (Lipinski definition) is 4. The first-order valence-electron chi connectivity index (χ1n) is 14.3. The molecule has 0 saturated heterocycles. The third-order valence-corrected chi connectivity index (χ3v) is 9.28. The molecule has 4 aliphatic carbocycles. The standard InChI is InChI=1S/C33H33N3O4/c37-30-29(34-32(39)40-26-11-5-2-6-12-26)31(38)36(25-9-3-1-4-10-25)28-14-8-7-13-27(28)35(30)21-33-18-22-15-23(19-33)17-24(16-22)20-33/h1-14,22-24,29H,15-21H2,(H,34,39). The van der Waals surface area contributed by atoms with Crippen molar-refractivity contribution in [2.24, 2.45) is 23.2 Å². The predicted octanol–water partition coefficient (Wildman–Crippen LogP) is 6.07. The lowest BCUT2D eigenvalue weighted by Gasteiger charge is -2.57. The van der Waals surface area contributed by atoms with Crippen LogP contribution in [-0.2, 0) is 9.59 Å². The molecule has 7 nitrogen and oxygen atoms in total. The number of fused-ring (bicyclic) bond motifs is 1. The van der Waals surface area contributed by atoms with Gasteiger partial charge in [-0.3, -0.25) is 14.5 Å². The number of hydrogen-bond donors (Lipinski definition) is 1. The van der Waals surface area contributed by atoms with E-state index >= 15 is 0 Å². The number of nitrogens with zero attached hydrogens (tertiary/aromatic N) is 2. The van der Waals surface area contributed by atoms with E-state index in [9.17, 15) is 14.4 Å². The van der Waals surface area contributed by atoms with Crippen LogP contribution in [0, 0.1) is 23.2 Å². The fourth-order valence-corrected chi connectivity index (χ4v) is 8.20. The second-order valence-corrected chi connectivity index (χ2v) is 12.1. The van der Waals surface area contributed by atoms with E-state index in [0.717, 1.165) is 37.0 Å². The first kappa shape index (κ1) is 24.9. The van der Waals surface area contributed by atoms with E-state index in [-0.39, 0.29) is 5.41 Å². The van der Waals surface area contributed by atoms with Crippen molar-refractivity contribution in [3.63, 3.8) is 0 Å². The number of benzene rings is 3. The molecule has 1 heterocycles. The Balaban J connectivity index is 1.28. The van der Waals surface area contributed by atoms with Crippen molar-refractivity contribution in [3.05, 3.63) is 84.9 Å². The summed E-state index contributed by atoms with van der Waals surface area (Å²) < 4.78 is 5.45. The second-order valence-electron chi connectivity index (χ2n) is 12.1. The molecule has 3 aromatic carbocycles. The molecule has 1 aliphatic heterocycles. The summed E-state index contributed by atoms with van der Waals surface area (Å²) in [4.78, 5) is 45.0.